The van der Waals surface area contributed by atoms with Crippen molar-refractivity contribution < 1.29 is 17.9 Å². The highest BCUT2D eigenvalue weighted by Crippen LogP contribution is 2.38. The third-order valence-corrected chi connectivity index (χ3v) is 3.27. The molecular weight excluding hydrogens is 213 g/mol. The van der Waals surface area contributed by atoms with Crippen LogP contribution in [0.25, 0.3) is 0 Å². The molecule has 1 heterocycles. The van der Waals surface area contributed by atoms with Gasteiger partial charge >= 0.3 is 6.18 Å². The molecule has 1 aliphatic heterocycles. The van der Waals surface area contributed by atoms with Crippen molar-refractivity contribution >= 4 is 11.8 Å². The Bertz CT molecular complexity index is 149. The van der Waals surface area contributed by atoms with E-state index in [9.17, 15) is 13.2 Å². The first-order valence-corrected chi connectivity index (χ1v) is 5.80. The van der Waals surface area contributed by atoms with E-state index in [0.29, 0.717) is 5.75 Å². The zero-order valence-corrected chi connectivity index (χ0v) is 9.54. The Balaban J connectivity index is 0.000000791. The fourth-order valence-corrected chi connectivity index (χ4v) is 2.43. The summed E-state index contributed by atoms with van der Waals surface area (Å²) in [6.07, 6.45) is -3.45. The van der Waals surface area contributed by atoms with Crippen molar-refractivity contribution in [3.05, 3.63) is 0 Å². The largest absolute Gasteiger partial charge is 0.400 e. The molecule has 0 N–H and O–H groups in total. The monoisotopic (exact) mass is 230 g/mol. The lowest BCUT2D eigenvalue weighted by atomic mass is 10.1. The molecule has 0 bridgehead atoms. The lowest BCUT2D eigenvalue weighted by molar-refractivity contribution is -0.136. The Kier molecular flexibility index (Phi) is 6.61. The van der Waals surface area contributed by atoms with E-state index < -0.39 is 11.4 Å². The highest BCUT2D eigenvalue weighted by atomic mass is 32.2. The van der Waals surface area contributed by atoms with Crippen LogP contribution < -0.4 is 0 Å². The molecule has 5 heteroatoms. The quantitative estimate of drug-likeness (QED) is 0.682. The molecule has 0 aliphatic carbocycles. The minimum absolute atomic E-state index is 0.102. The molecule has 0 aromatic heterocycles. The van der Waals surface area contributed by atoms with Gasteiger partial charge in [-0.25, -0.2) is 0 Å². The molecule has 0 radical (unpaired) electrons. The summed E-state index contributed by atoms with van der Waals surface area (Å²) in [6.45, 7) is 4.00. The van der Waals surface area contributed by atoms with Crippen LogP contribution in [-0.4, -0.2) is 30.4 Å². The second-order valence-corrected chi connectivity index (χ2v) is 4.09. The fourth-order valence-electron chi connectivity index (χ4n) is 1.21. The maximum atomic E-state index is 12.2. The third-order valence-electron chi connectivity index (χ3n) is 1.93. The predicted octanol–water partition coefficient (Wildman–Crippen LogP) is 3.49. The average molecular weight is 230 g/mol. The molecule has 1 fully saturated rings. The number of halogens is 3. The molecule has 0 aromatic carbocycles. The molecular formula is C9H17F3OS. The van der Waals surface area contributed by atoms with Gasteiger partial charge in [0.2, 0.25) is 0 Å². The van der Waals surface area contributed by atoms with Gasteiger partial charge in [0.25, 0.3) is 0 Å². The van der Waals surface area contributed by atoms with Gasteiger partial charge in [-0.1, -0.05) is 13.8 Å². The molecule has 1 rings (SSSR count). The van der Waals surface area contributed by atoms with Gasteiger partial charge in [0, 0.05) is 7.11 Å². The van der Waals surface area contributed by atoms with E-state index in [1.807, 2.05) is 13.8 Å². The topological polar surface area (TPSA) is 9.23 Å². The van der Waals surface area contributed by atoms with Crippen LogP contribution in [0.15, 0.2) is 0 Å². The third kappa shape index (κ3) is 4.55. The van der Waals surface area contributed by atoms with Gasteiger partial charge in [-0.3, -0.25) is 0 Å². The van der Waals surface area contributed by atoms with Crippen molar-refractivity contribution in [1.82, 2.24) is 0 Å². The van der Waals surface area contributed by atoms with E-state index in [0.717, 1.165) is 18.2 Å². The van der Waals surface area contributed by atoms with E-state index in [1.54, 1.807) is 0 Å². The van der Waals surface area contributed by atoms with Crippen LogP contribution in [0.5, 0.6) is 0 Å². The molecule has 1 saturated heterocycles. The van der Waals surface area contributed by atoms with Crippen molar-refractivity contribution in [2.75, 3.05) is 12.9 Å². The SMILES string of the molecule is CC.COC1CCSC(C(F)(F)F)C1. The summed E-state index contributed by atoms with van der Waals surface area (Å²) < 4.78 is 41.4. The van der Waals surface area contributed by atoms with Crippen molar-refractivity contribution in [3.8, 4) is 0 Å². The van der Waals surface area contributed by atoms with Crippen LogP contribution >= 0.6 is 11.8 Å². The maximum Gasteiger partial charge on any atom is 0.400 e. The van der Waals surface area contributed by atoms with Crippen LogP contribution in [0.3, 0.4) is 0 Å². The highest BCUT2D eigenvalue weighted by molar-refractivity contribution is 8.00. The van der Waals surface area contributed by atoms with Gasteiger partial charge in [-0.2, -0.15) is 13.2 Å². The summed E-state index contributed by atoms with van der Waals surface area (Å²) >= 11 is 0.984. The summed E-state index contributed by atoms with van der Waals surface area (Å²) in [7, 11) is 1.47. The summed E-state index contributed by atoms with van der Waals surface area (Å²) in [6, 6.07) is 0. The number of methoxy groups -OCH3 is 1. The second kappa shape index (κ2) is 6.56. The standard InChI is InChI=1S/C7H11F3OS.C2H6/c1-11-5-2-3-12-6(4-5)7(8,9)10;1-2/h5-6H,2-4H2,1H3;1-2H3. The molecule has 0 saturated carbocycles. The molecule has 1 aliphatic rings. The Morgan fingerprint density at radius 3 is 2.29 bits per heavy atom. The second-order valence-electron chi connectivity index (χ2n) is 2.78. The van der Waals surface area contributed by atoms with Gasteiger partial charge in [0.15, 0.2) is 0 Å². The van der Waals surface area contributed by atoms with Crippen molar-refractivity contribution in [2.45, 2.75) is 44.2 Å². The van der Waals surface area contributed by atoms with Gasteiger partial charge in [0.05, 0.1) is 6.10 Å². The molecule has 1 nitrogen and oxygen atoms in total. The molecule has 0 aromatic rings. The summed E-state index contributed by atoms with van der Waals surface area (Å²) in [5.74, 6) is 0.544. The van der Waals surface area contributed by atoms with Gasteiger partial charge < -0.3 is 4.74 Å². The normalized spacial score (nSPS) is 27.9. The molecule has 86 valence electrons. The van der Waals surface area contributed by atoms with Crippen molar-refractivity contribution in [1.29, 1.82) is 0 Å². The molecule has 0 spiro atoms. The Hall–Kier alpha value is 0.100. The minimum Gasteiger partial charge on any atom is -0.381 e. The van der Waals surface area contributed by atoms with E-state index in [2.05, 4.69) is 0 Å². The number of alkyl halides is 3. The van der Waals surface area contributed by atoms with E-state index in [-0.39, 0.29) is 12.5 Å². The number of hydrogen-bond acceptors (Lipinski definition) is 2. The summed E-state index contributed by atoms with van der Waals surface area (Å²) in [5.41, 5.74) is 0. The van der Waals surface area contributed by atoms with Crippen LogP contribution in [0.1, 0.15) is 26.7 Å². The molecule has 0 amide bonds. The predicted molar refractivity (Wildman–Crippen MR) is 53.7 cm³/mol. The Morgan fingerprint density at radius 2 is 1.86 bits per heavy atom. The Morgan fingerprint density at radius 1 is 1.29 bits per heavy atom. The summed E-state index contributed by atoms with van der Waals surface area (Å²) in [4.78, 5) is 0. The van der Waals surface area contributed by atoms with E-state index >= 15 is 0 Å². The lowest BCUT2D eigenvalue weighted by Crippen LogP contribution is -2.34. The van der Waals surface area contributed by atoms with E-state index in [4.69, 9.17) is 4.74 Å². The van der Waals surface area contributed by atoms with Crippen LogP contribution in [0, 0.1) is 0 Å². The first kappa shape index (κ1) is 14.1. The number of thioether (sulfide) groups is 1. The highest BCUT2D eigenvalue weighted by Gasteiger charge is 2.42. The first-order chi connectivity index (χ1) is 6.54. The number of ether oxygens (including phenoxy) is 1. The summed E-state index contributed by atoms with van der Waals surface area (Å²) in [5, 5.41) is -1.23. The number of hydrogen-bond donors (Lipinski definition) is 0. The van der Waals surface area contributed by atoms with Crippen molar-refractivity contribution in [2.24, 2.45) is 0 Å². The fraction of sp³-hybridized carbons (Fsp3) is 1.00. The van der Waals surface area contributed by atoms with Crippen LogP contribution in [0.2, 0.25) is 0 Å². The molecule has 2 atom stereocenters. The first-order valence-electron chi connectivity index (χ1n) is 4.75. The lowest BCUT2D eigenvalue weighted by Gasteiger charge is -2.29. The molecule has 2 unspecified atom stereocenters. The van der Waals surface area contributed by atoms with Gasteiger partial charge in [-0.05, 0) is 18.6 Å². The average Bonchev–Trinajstić information content (AvgIpc) is 2.20. The van der Waals surface area contributed by atoms with Crippen molar-refractivity contribution in [3.63, 3.8) is 0 Å². The maximum absolute atomic E-state index is 12.2. The van der Waals surface area contributed by atoms with Gasteiger partial charge in [-0.15, -0.1) is 11.8 Å². The number of rotatable bonds is 1. The zero-order chi connectivity index (χ0) is 11.2. The van der Waals surface area contributed by atoms with Crippen LogP contribution in [0.4, 0.5) is 13.2 Å². The minimum atomic E-state index is -4.07. The Labute approximate surface area is 87.4 Å². The van der Waals surface area contributed by atoms with Crippen LogP contribution in [-0.2, 0) is 4.74 Å². The van der Waals surface area contributed by atoms with E-state index in [1.165, 1.54) is 7.11 Å². The smallest absolute Gasteiger partial charge is 0.381 e. The molecule has 14 heavy (non-hydrogen) atoms. The van der Waals surface area contributed by atoms with Gasteiger partial charge in [0.1, 0.15) is 5.25 Å². The zero-order valence-electron chi connectivity index (χ0n) is 8.73.